The average molecular weight is 365 g/mol. The summed E-state index contributed by atoms with van der Waals surface area (Å²) in [6, 6.07) is 2.57. The number of amides is 2. The Morgan fingerprint density at radius 1 is 1.25 bits per heavy atom. The van der Waals surface area contributed by atoms with Crippen LogP contribution in [0.25, 0.3) is 0 Å². The van der Waals surface area contributed by atoms with E-state index < -0.39 is 30.5 Å². The summed E-state index contributed by atoms with van der Waals surface area (Å²) in [7, 11) is 0. The molecule has 0 saturated carbocycles. The summed E-state index contributed by atoms with van der Waals surface area (Å²) < 4.78 is 38.9. The van der Waals surface area contributed by atoms with E-state index in [1.54, 1.807) is 6.92 Å². The van der Waals surface area contributed by atoms with Gasteiger partial charge in [0.2, 0.25) is 0 Å². The van der Waals surface area contributed by atoms with Crippen LogP contribution in [0.4, 0.5) is 28.4 Å². The molecular formula is C13H14F3N3O4S. The number of hydrogen-bond donors (Lipinski definition) is 3. The zero-order valence-electron chi connectivity index (χ0n) is 12.4. The van der Waals surface area contributed by atoms with Crippen molar-refractivity contribution < 1.29 is 33.0 Å². The highest BCUT2D eigenvalue weighted by Gasteiger charge is 2.32. The molecule has 0 unspecified atom stereocenters. The molecule has 0 spiro atoms. The second kappa shape index (κ2) is 7.90. The first-order valence-corrected chi connectivity index (χ1v) is 7.44. The number of nitrogens with zero attached hydrogens (tertiary/aromatic N) is 2. The maximum absolute atomic E-state index is 13.0. The molecule has 2 amide bonds. The van der Waals surface area contributed by atoms with Gasteiger partial charge in [0, 0.05) is 0 Å². The van der Waals surface area contributed by atoms with Gasteiger partial charge >= 0.3 is 18.4 Å². The van der Waals surface area contributed by atoms with Crippen LogP contribution in [0.15, 0.2) is 23.2 Å². The summed E-state index contributed by atoms with van der Waals surface area (Å²) in [5.74, 6) is 0.562. The lowest BCUT2D eigenvalue weighted by atomic mass is 10.1. The van der Waals surface area contributed by atoms with E-state index in [9.17, 15) is 22.8 Å². The van der Waals surface area contributed by atoms with Crippen LogP contribution in [-0.2, 0) is 12.7 Å². The number of carbonyl (C=O) groups is 2. The van der Waals surface area contributed by atoms with Crippen molar-refractivity contribution in [3.05, 3.63) is 29.3 Å². The van der Waals surface area contributed by atoms with E-state index >= 15 is 0 Å². The first kappa shape index (κ1) is 19.6. The third-order valence-corrected chi connectivity index (χ3v) is 3.31. The summed E-state index contributed by atoms with van der Waals surface area (Å²) in [5, 5.41) is 17.6. The number of hydrogen-bond acceptors (Lipinski definition) is 4. The number of imide groups is 1. The lowest BCUT2D eigenvalue weighted by molar-refractivity contribution is -0.137. The molecule has 0 aliphatic heterocycles. The SMILES string of the molecule is CCSC(N)=Nc1cc(CN(C(=O)O)C(=O)O)cc(C(F)(F)F)c1. The summed E-state index contributed by atoms with van der Waals surface area (Å²) in [6.45, 7) is 1.01. The van der Waals surface area contributed by atoms with Crippen molar-refractivity contribution >= 4 is 34.8 Å². The molecule has 0 atom stereocenters. The molecule has 0 radical (unpaired) electrons. The van der Waals surface area contributed by atoms with Crippen LogP contribution in [0, 0.1) is 0 Å². The Morgan fingerprint density at radius 3 is 2.29 bits per heavy atom. The second-order valence-corrected chi connectivity index (χ2v) is 5.70. The predicted octanol–water partition coefficient (Wildman–Crippen LogP) is 3.56. The summed E-state index contributed by atoms with van der Waals surface area (Å²) >= 11 is 1.12. The van der Waals surface area contributed by atoms with Crippen LogP contribution in [0.5, 0.6) is 0 Å². The van der Waals surface area contributed by atoms with E-state index in [1.807, 2.05) is 0 Å². The first-order chi connectivity index (χ1) is 11.0. The zero-order valence-corrected chi connectivity index (χ0v) is 13.2. The van der Waals surface area contributed by atoms with Gasteiger partial charge in [0.05, 0.1) is 17.8 Å². The third kappa shape index (κ3) is 5.65. The maximum Gasteiger partial charge on any atom is 0.417 e. The van der Waals surface area contributed by atoms with Gasteiger partial charge in [0.1, 0.15) is 0 Å². The molecule has 4 N–H and O–H groups in total. The molecule has 1 aromatic carbocycles. The van der Waals surface area contributed by atoms with Crippen molar-refractivity contribution in [2.45, 2.75) is 19.6 Å². The summed E-state index contributed by atoms with van der Waals surface area (Å²) in [5.41, 5.74) is 4.15. The topological polar surface area (TPSA) is 116 Å². The van der Waals surface area contributed by atoms with E-state index in [4.69, 9.17) is 15.9 Å². The van der Waals surface area contributed by atoms with Gasteiger partial charge in [-0.05, 0) is 29.5 Å². The predicted molar refractivity (Wildman–Crippen MR) is 82.5 cm³/mol. The molecule has 1 rings (SSSR count). The zero-order chi connectivity index (χ0) is 18.5. The standard InChI is InChI=1S/C13H14F3N3O4S/c1-2-24-10(17)18-9-4-7(3-8(5-9)13(14,15)16)6-19(11(20)21)12(22)23/h3-5H,2,6H2,1H3,(H2,17,18)(H,20,21)(H,22,23). The maximum atomic E-state index is 13.0. The van der Waals surface area contributed by atoms with Gasteiger partial charge in [-0.3, -0.25) is 0 Å². The van der Waals surface area contributed by atoms with E-state index in [2.05, 4.69) is 4.99 Å². The number of benzene rings is 1. The van der Waals surface area contributed by atoms with Crippen LogP contribution in [0.3, 0.4) is 0 Å². The minimum absolute atomic E-state index is 0.0346. The van der Waals surface area contributed by atoms with Gasteiger partial charge < -0.3 is 15.9 Å². The number of rotatable bonds is 4. The fourth-order valence-corrected chi connectivity index (χ4v) is 2.17. The largest absolute Gasteiger partial charge is 0.465 e. The summed E-state index contributed by atoms with van der Waals surface area (Å²) in [4.78, 5) is 25.5. The molecule has 0 aliphatic carbocycles. The lowest BCUT2D eigenvalue weighted by Crippen LogP contribution is -2.33. The van der Waals surface area contributed by atoms with Crippen LogP contribution in [-0.4, -0.2) is 38.2 Å². The third-order valence-electron chi connectivity index (χ3n) is 2.64. The van der Waals surface area contributed by atoms with Crippen molar-refractivity contribution in [2.24, 2.45) is 10.7 Å². The Bertz CT molecular complexity index is 650. The monoisotopic (exact) mass is 365 g/mol. The number of halogens is 3. The summed E-state index contributed by atoms with van der Waals surface area (Å²) in [6.07, 6.45) is -8.30. The molecule has 132 valence electrons. The van der Waals surface area contributed by atoms with E-state index in [1.165, 1.54) is 0 Å². The van der Waals surface area contributed by atoms with Gasteiger partial charge in [-0.15, -0.1) is 0 Å². The Labute approximate surface area is 139 Å². The van der Waals surface area contributed by atoms with Gasteiger partial charge in [-0.25, -0.2) is 19.5 Å². The number of nitrogens with two attached hydrogens (primary N) is 1. The molecule has 0 saturated heterocycles. The van der Waals surface area contributed by atoms with Crippen LogP contribution in [0.2, 0.25) is 0 Å². The Morgan fingerprint density at radius 2 is 1.83 bits per heavy atom. The second-order valence-electron chi connectivity index (χ2n) is 4.42. The van der Waals surface area contributed by atoms with Crippen molar-refractivity contribution in [2.75, 3.05) is 5.75 Å². The minimum Gasteiger partial charge on any atom is -0.465 e. The fourth-order valence-electron chi connectivity index (χ4n) is 1.70. The quantitative estimate of drug-likeness (QED) is 0.555. The molecule has 11 heteroatoms. The first-order valence-electron chi connectivity index (χ1n) is 6.46. The lowest BCUT2D eigenvalue weighted by Gasteiger charge is -2.15. The Hall–Kier alpha value is -2.43. The number of carboxylic acid groups (broad SMARTS) is 2. The number of aliphatic imine (C=N–C) groups is 1. The molecule has 0 heterocycles. The van der Waals surface area contributed by atoms with Crippen molar-refractivity contribution in [3.63, 3.8) is 0 Å². The minimum atomic E-state index is -4.70. The van der Waals surface area contributed by atoms with Gasteiger partial charge in [0.15, 0.2) is 5.17 Å². The fraction of sp³-hybridized carbons (Fsp3) is 0.308. The highest BCUT2D eigenvalue weighted by molar-refractivity contribution is 8.13. The highest BCUT2D eigenvalue weighted by Crippen LogP contribution is 2.33. The van der Waals surface area contributed by atoms with E-state index in [0.717, 1.165) is 23.9 Å². The number of amidine groups is 1. The normalized spacial score (nSPS) is 12.1. The smallest absolute Gasteiger partial charge is 0.417 e. The van der Waals surface area contributed by atoms with Crippen LogP contribution in [0.1, 0.15) is 18.1 Å². The number of thioether (sulfide) groups is 1. The van der Waals surface area contributed by atoms with Crippen molar-refractivity contribution in [1.29, 1.82) is 0 Å². The van der Waals surface area contributed by atoms with Gasteiger partial charge in [-0.1, -0.05) is 18.7 Å². The Kier molecular flexibility index (Phi) is 6.46. The number of alkyl halides is 3. The molecule has 0 aliphatic rings. The average Bonchev–Trinajstić information content (AvgIpc) is 2.43. The molecule has 24 heavy (non-hydrogen) atoms. The molecule has 0 aromatic heterocycles. The van der Waals surface area contributed by atoms with Crippen LogP contribution < -0.4 is 5.73 Å². The van der Waals surface area contributed by atoms with E-state index in [0.29, 0.717) is 11.8 Å². The van der Waals surface area contributed by atoms with Crippen molar-refractivity contribution in [3.8, 4) is 0 Å². The van der Waals surface area contributed by atoms with Gasteiger partial charge in [-0.2, -0.15) is 13.2 Å². The molecule has 1 aromatic rings. The molecule has 0 fully saturated rings. The molecule has 7 nitrogen and oxygen atoms in total. The van der Waals surface area contributed by atoms with Crippen LogP contribution >= 0.6 is 11.8 Å². The Balaban J connectivity index is 3.31. The molecule has 0 bridgehead atoms. The highest BCUT2D eigenvalue weighted by atomic mass is 32.2. The van der Waals surface area contributed by atoms with Crippen molar-refractivity contribution in [1.82, 2.24) is 4.90 Å². The molecular weight excluding hydrogens is 351 g/mol. The van der Waals surface area contributed by atoms with E-state index in [-0.39, 0.29) is 21.3 Å². The van der Waals surface area contributed by atoms with Gasteiger partial charge in [0.25, 0.3) is 0 Å².